The third-order valence-corrected chi connectivity index (χ3v) is 3.99. The van der Waals surface area contributed by atoms with Crippen molar-refractivity contribution in [1.82, 2.24) is 10.2 Å². The Morgan fingerprint density at radius 2 is 2.06 bits per heavy atom. The predicted molar refractivity (Wildman–Crippen MR) is 68.2 cm³/mol. The van der Waals surface area contributed by atoms with Crippen LogP contribution in [0.3, 0.4) is 0 Å². The SMILES string of the molecule is O=[N+]([O-])c1cccc(CN2C[C@H]3CNC[C@H]3C2)c1. The molecule has 1 aromatic carbocycles. The third-order valence-electron chi connectivity index (χ3n) is 3.99. The van der Waals surface area contributed by atoms with Gasteiger partial charge in [-0.25, -0.2) is 0 Å². The highest BCUT2D eigenvalue weighted by atomic mass is 16.6. The molecule has 2 fully saturated rings. The van der Waals surface area contributed by atoms with Crippen molar-refractivity contribution in [2.45, 2.75) is 6.54 Å². The van der Waals surface area contributed by atoms with Crippen LogP contribution in [0, 0.1) is 22.0 Å². The van der Waals surface area contributed by atoms with Gasteiger partial charge in [-0.05, 0) is 30.5 Å². The zero-order chi connectivity index (χ0) is 12.5. The second-order valence-electron chi connectivity index (χ2n) is 5.30. The highest BCUT2D eigenvalue weighted by Gasteiger charge is 2.35. The van der Waals surface area contributed by atoms with Gasteiger partial charge >= 0.3 is 0 Å². The number of hydrogen-bond acceptors (Lipinski definition) is 4. The Hall–Kier alpha value is -1.46. The molecule has 0 unspecified atom stereocenters. The van der Waals surface area contributed by atoms with Crippen molar-refractivity contribution < 1.29 is 4.92 Å². The van der Waals surface area contributed by atoms with Crippen LogP contribution in [0.1, 0.15) is 5.56 Å². The molecule has 3 rings (SSSR count). The Balaban J connectivity index is 1.66. The van der Waals surface area contributed by atoms with Gasteiger partial charge in [0.2, 0.25) is 0 Å². The second-order valence-corrected chi connectivity index (χ2v) is 5.30. The van der Waals surface area contributed by atoms with Crippen LogP contribution in [0.2, 0.25) is 0 Å². The first-order valence-corrected chi connectivity index (χ1v) is 6.39. The highest BCUT2D eigenvalue weighted by Crippen LogP contribution is 2.27. The number of rotatable bonds is 3. The molecule has 2 heterocycles. The molecular formula is C13H17N3O2. The normalized spacial score (nSPS) is 27.3. The minimum atomic E-state index is -0.327. The minimum absolute atomic E-state index is 0.188. The molecule has 18 heavy (non-hydrogen) atoms. The van der Waals surface area contributed by atoms with E-state index in [1.165, 1.54) is 0 Å². The van der Waals surface area contributed by atoms with Crippen molar-refractivity contribution in [3.8, 4) is 0 Å². The predicted octanol–water partition coefficient (Wildman–Crippen LogP) is 1.25. The molecular weight excluding hydrogens is 230 g/mol. The van der Waals surface area contributed by atoms with Crippen LogP contribution in [-0.4, -0.2) is 36.0 Å². The van der Waals surface area contributed by atoms with Crippen LogP contribution in [0.15, 0.2) is 24.3 Å². The second kappa shape index (κ2) is 4.66. The van der Waals surface area contributed by atoms with E-state index in [9.17, 15) is 10.1 Å². The van der Waals surface area contributed by atoms with Crippen molar-refractivity contribution in [3.63, 3.8) is 0 Å². The van der Waals surface area contributed by atoms with E-state index in [0.717, 1.165) is 50.1 Å². The first-order valence-electron chi connectivity index (χ1n) is 6.39. The number of likely N-dealkylation sites (tertiary alicyclic amines) is 1. The molecule has 0 aromatic heterocycles. The summed E-state index contributed by atoms with van der Waals surface area (Å²) in [5.74, 6) is 1.53. The topological polar surface area (TPSA) is 58.4 Å². The molecule has 1 N–H and O–H groups in total. The molecule has 2 aliphatic rings. The number of nitro benzene ring substituents is 1. The van der Waals surface area contributed by atoms with Crippen LogP contribution in [-0.2, 0) is 6.54 Å². The van der Waals surface area contributed by atoms with E-state index in [1.807, 2.05) is 6.07 Å². The summed E-state index contributed by atoms with van der Waals surface area (Å²) in [6.45, 7) is 5.29. The fraction of sp³-hybridized carbons (Fsp3) is 0.538. The molecule has 5 nitrogen and oxygen atoms in total. The standard InChI is InChI=1S/C13H17N3O2/c17-16(18)13-3-1-2-10(4-13)7-15-8-11-5-14-6-12(11)9-15/h1-4,11-12,14H,5-9H2/t11-,12+. The molecule has 0 amide bonds. The maximum atomic E-state index is 10.7. The van der Waals surface area contributed by atoms with Crippen molar-refractivity contribution >= 4 is 5.69 Å². The number of hydrogen-bond donors (Lipinski definition) is 1. The van der Waals surface area contributed by atoms with Gasteiger partial charge in [0.25, 0.3) is 5.69 Å². The average Bonchev–Trinajstić information content (AvgIpc) is 2.90. The van der Waals surface area contributed by atoms with E-state index in [2.05, 4.69) is 10.2 Å². The maximum Gasteiger partial charge on any atom is 0.269 e. The Morgan fingerprint density at radius 3 is 2.72 bits per heavy atom. The van der Waals surface area contributed by atoms with Crippen LogP contribution >= 0.6 is 0 Å². The summed E-state index contributed by atoms with van der Waals surface area (Å²) in [4.78, 5) is 12.8. The van der Waals surface area contributed by atoms with Gasteiger partial charge < -0.3 is 5.32 Å². The molecule has 0 aliphatic carbocycles. The Labute approximate surface area is 106 Å². The maximum absolute atomic E-state index is 10.7. The van der Waals surface area contributed by atoms with Crippen LogP contribution in [0.4, 0.5) is 5.69 Å². The average molecular weight is 247 g/mol. The van der Waals surface area contributed by atoms with E-state index >= 15 is 0 Å². The summed E-state index contributed by atoms with van der Waals surface area (Å²) in [6, 6.07) is 6.98. The number of non-ortho nitro benzene ring substituents is 1. The smallest absolute Gasteiger partial charge is 0.269 e. The highest BCUT2D eigenvalue weighted by molar-refractivity contribution is 5.34. The van der Waals surface area contributed by atoms with E-state index in [-0.39, 0.29) is 10.6 Å². The van der Waals surface area contributed by atoms with Crippen LogP contribution < -0.4 is 5.32 Å². The molecule has 0 radical (unpaired) electrons. The Kier molecular flexibility index (Phi) is 3.01. The van der Waals surface area contributed by atoms with Gasteiger partial charge in [-0.1, -0.05) is 12.1 Å². The van der Waals surface area contributed by atoms with Gasteiger partial charge in [-0.2, -0.15) is 0 Å². The van der Waals surface area contributed by atoms with Crippen molar-refractivity contribution in [2.24, 2.45) is 11.8 Å². The number of nitrogens with one attached hydrogen (secondary N) is 1. The summed E-state index contributed by atoms with van der Waals surface area (Å²) >= 11 is 0. The summed E-state index contributed by atoms with van der Waals surface area (Å²) < 4.78 is 0. The third kappa shape index (κ3) is 2.23. The van der Waals surface area contributed by atoms with Crippen molar-refractivity contribution in [2.75, 3.05) is 26.2 Å². The van der Waals surface area contributed by atoms with Crippen molar-refractivity contribution in [3.05, 3.63) is 39.9 Å². The molecule has 5 heteroatoms. The van der Waals surface area contributed by atoms with Gasteiger partial charge in [0.05, 0.1) is 4.92 Å². The largest absolute Gasteiger partial charge is 0.316 e. The van der Waals surface area contributed by atoms with Gasteiger partial charge in [-0.3, -0.25) is 15.0 Å². The monoisotopic (exact) mass is 247 g/mol. The van der Waals surface area contributed by atoms with Gasteiger partial charge in [0, 0.05) is 31.8 Å². The molecule has 96 valence electrons. The van der Waals surface area contributed by atoms with E-state index in [1.54, 1.807) is 18.2 Å². The molecule has 0 bridgehead atoms. The molecule has 0 saturated carbocycles. The fourth-order valence-electron chi connectivity index (χ4n) is 3.11. The quantitative estimate of drug-likeness (QED) is 0.645. The van der Waals surface area contributed by atoms with Gasteiger partial charge in [-0.15, -0.1) is 0 Å². The summed E-state index contributed by atoms with van der Waals surface area (Å²) in [6.07, 6.45) is 0. The molecule has 2 atom stereocenters. The zero-order valence-corrected chi connectivity index (χ0v) is 10.2. The Morgan fingerprint density at radius 1 is 1.33 bits per heavy atom. The summed E-state index contributed by atoms with van der Waals surface area (Å²) in [7, 11) is 0. The number of nitro groups is 1. The number of fused-ring (bicyclic) bond motifs is 1. The van der Waals surface area contributed by atoms with Gasteiger partial charge in [0.1, 0.15) is 0 Å². The van der Waals surface area contributed by atoms with Gasteiger partial charge in [0.15, 0.2) is 0 Å². The van der Waals surface area contributed by atoms with E-state index < -0.39 is 0 Å². The number of nitrogens with zero attached hydrogens (tertiary/aromatic N) is 2. The lowest BCUT2D eigenvalue weighted by Gasteiger charge is -2.16. The first-order chi connectivity index (χ1) is 8.72. The molecule has 2 saturated heterocycles. The molecule has 2 aliphatic heterocycles. The zero-order valence-electron chi connectivity index (χ0n) is 10.2. The van der Waals surface area contributed by atoms with E-state index in [0.29, 0.717) is 0 Å². The molecule has 1 aromatic rings. The van der Waals surface area contributed by atoms with Crippen LogP contribution in [0.25, 0.3) is 0 Å². The fourth-order valence-corrected chi connectivity index (χ4v) is 3.11. The lowest BCUT2D eigenvalue weighted by molar-refractivity contribution is -0.384. The number of benzene rings is 1. The Bertz CT molecular complexity index is 451. The first kappa shape index (κ1) is 11.6. The lowest BCUT2D eigenvalue weighted by atomic mass is 10.0. The van der Waals surface area contributed by atoms with Crippen LogP contribution in [0.5, 0.6) is 0 Å². The molecule has 0 spiro atoms. The summed E-state index contributed by atoms with van der Waals surface area (Å²) in [5.41, 5.74) is 1.23. The minimum Gasteiger partial charge on any atom is -0.316 e. The van der Waals surface area contributed by atoms with E-state index in [4.69, 9.17) is 0 Å². The van der Waals surface area contributed by atoms with Crippen molar-refractivity contribution in [1.29, 1.82) is 0 Å². The lowest BCUT2D eigenvalue weighted by Crippen LogP contribution is -2.25. The summed E-state index contributed by atoms with van der Waals surface area (Å²) in [5, 5.41) is 14.2.